The van der Waals surface area contributed by atoms with Crippen LogP contribution in [-0.2, 0) is 10.8 Å². The molecule has 0 saturated carbocycles. The van der Waals surface area contributed by atoms with Crippen molar-refractivity contribution in [3.8, 4) is 5.75 Å². The maximum atomic E-state index is 7.61. The molecule has 0 bridgehead atoms. The van der Waals surface area contributed by atoms with Gasteiger partial charge in [-0.05, 0) is 0 Å². The van der Waals surface area contributed by atoms with Gasteiger partial charge in [0.1, 0.15) is 0 Å². The summed E-state index contributed by atoms with van der Waals surface area (Å²) in [6.45, 7) is 2.06. The van der Waals surface area contributed by atoms with Crippen molar-refractivity contribution in [2.45, 2.75) is 39.5 Å². The molecule has 2 rings (SSSR count). The van der Waals surface area contributed by atoms with Crippen molar-refractivity contribution in [1.29, 1.82) is 0 Å². The van der Waals surface area contributed by atoms with E-state index in [0.29, 0.717) is 0 Å². The van der Waals surface area contributed by atoms with Crippen molar-refractivity contribution in [2.24, 2.45) is 0 Å². The summed E-state index contributed by atoms with van der Waals surface area (Å²) in [4.78, 5) is 0. The molecule has 3 heteroatoms. The first-order chi connectivity index (χ1) is 8.53. The monoisotopic (exact) mass is 330 g/mol. The molecular formula is C17H27ClOTi. The number of allylic oxidation sites excluding steroid dienone is 4. The third kappa shape index (κ3) is 2.91. The molecule has 0 heterocycles. The van der Waals surface area contributed by atoms with Gasteiger partial charge < -0.3 is 0 Å². The normalized spacial score (nSPS) is 23.1. The standard InChI is InChI=1S/C7H8O.C5H5.5CH3.ClH.Ti/c1-6-4-2-3-5-7(6)8;1-2-4-5-3-1;;;;;;;/h2-5,8H,1H3;1-3H,4H2;5*1H3;1H;/q;;;;;;;;+2/p-2. The number of aryl methyl sites for hydroxylation is 1. The van der Waals surface area contributed by atoms with Gasteiger partial charge in [0.15, 0.2) is 0 Å². The number of benzene rings is 1. The third-order valence-electron chi connectivity index (χ3n) is 4.43. The fraction of sp³-hybridized carbons (Fsp3) is 0.412. The first kappa shape index (κ1) is 15.9. The zero-order valence-corrected chi connectivity index (χ0v) is 15.9. The van der Waals surface area contributed by atoms with Crippen LogP contribution in [0.4, 0.5) is 0 Å². The Morgan fingerprint density at radius 1 is 1.05 bits per heavy atom. The van der Waals surface area contributed by atoms with E-state index in [1.807, 2.05) is 18.2 Å². The second-order valence-corrected chi connectivity index (χ2v) is 48.7. The van der Waals surface area contributed by atoms with Gasteiger partial charge >= 0.3 is 121 Å². The summed E-state index contributed by atoms with van der Waals surface area (Å²) >= 11 is 0. The van der Waals surface area contributed by atoms with Crippen molar-refractivity contribution in [3.05, 3.63) is 51.9 Å². The summed E-state index contributed by atoms with van der Waals surface area (Å²) in [6, 6.07) is 8.08. The number of hydrogen-bond acceptors (Lipinski definition) is 1. The second-order valence-electron chi connectivity index (χ2n) is 11.7. The molecule has 1 aromatic carbocycles. The minimum atomic E-state index is -5.24. The molecule has 112 valence electrons. The Kier molecular flexibility index (Phi) is 2.17. The predicted molar refractivity (Wildman–Crippen MR) is 88.8 cm³/mol. The molecule has 0 saturated heterocycles. The van der Waals surface area contributed by atoms with Crippen LogP contribution in [0, 0.1) is 6.92 Å². The Morgan fingerprint density at radius 3 is 2.15 bits per heavy atom. The summed E-state index contributed by atoms with van der Waals surface area (Å²) in [6.07, 6.45) is 7.20. The first-order valence-electron chi connectivity index (χ1n) is 7.39. The molecule has 0 fully saturated rings. The van der Waals surface area contributed by atoms with Crippen LogP contribution in [0.1, 0.15) is 12.0 Å². The van der Waals surface area contributed by atoms with E-state index in [1.54, 1.807) is 0 Å². The van der Waals surface area contributed by atoms with E-state index in [4.69, 9.17) is 12.6 Å². The van der Waals surface area contributed by atoms with E-state index in [1.165, 1.54) is 3.88 Å². The number of hydrogen-bond donors (Lipinski definition) is 0. The van der Waals surface area contributed by atoms with E-state index in [0.717, 1.165) is 17.7 Å². The van der Waals surface area contributed by atoms with Gasteiger partial charge in [-0.2, -0.15) is 0 Å². The van der Waals surface area contributed by atoms with Gasteiger partial charge in [0.05, 0.1) is 0 Å². The summed E-state index contributed by atoms with van der Waals surface area (Å²) in [5.74, 6) is 0.868. The average Bonchev–Trinajstić information content (AvgIpc) is 2.73. The summed E-state index contributed by atoms with van der Waals surface area (Å²) in [5.41, 5.74) is 1.11. The van der Waals surface area contributed by atoms with Crippen LogP contribution in [0.25, 0.3) is 0 Å². The van der Waals surface area contributed by atoms with Gasteiger partial charge in [0.25, 0.3) is 0 Å². The molecule has 0 radical (unpaired) electrons. The Bertz CT molecular complexity index is 680. The molecule has 0 amide bonds. The van der Waals surface area contributed by atoms with E-state index < -0.39 is 10.8 Å². The number of rotatable bonds is 3. The quantitative estimate of drug-likeness (QED) is 0.552. The minimum absolute atomic E-state index is 0.853. The number of para-hydroxylation sites is 1. The Morgan fingerprint density at radius 2 is 1.65 bits per heavy atom. The number of halogens is 1. The molecule has 0 aromatic heterocycles. The second kappa shape index (κ2) is 2.74. The van der Waals surface area contributed by atoms with Gasteiger partial charge in [-0.3, -0.25) is 0 Å². The molecule has 1 aliphatic carbocycles. The molecule has 0 N–H and O–H groups in total. The van der Waals surface area contributed by atoms with Crippen molar-refractivity contribution in [3.63, 3.8) is 0 Å². The zero-order chi connectivity index (χ0) is 15.4. The molecule has 1 aromatic rings. The molecule has 0 atom stereocenters. The van der Waals surface area contributed by atoms with Crippen LogP contribution >= 0.6 is 9.30 Å². The topological polar surface area (TPSA) is 9.23 Å². The third-order valence-corrected chi connectivity index (χ3v) is 14.4. The molecule has 1 nitrogen and oxygen atoms in total. The van der Waals surface area contributed by atoms with Crippen molar-refractivity contribution < 1.29 is 14.1 Å². The van der Waals surface area contributed by atoms with Crippen LogP contribution in [0.5, 0.6) is 5.75 Å². The average molecular weight is 331 g/mol. The summed E-state index contributed by atoms with van der Waals surface area (Å²) in [5, 5.41) is 10.7. The van der Waals surface area contributed by atoms with E-state index in [-0.39, 0.29) is 0 Å². The SMILES string of the molecule is Cc1ccccc1[O][Ti]([CH3])([CH3])([CH3])([CH3])([CH3])([Cl])[C]1=CC=CC1. The maximum absolute atomic E-state index is 7.61. The molecular weight excluding hydrogens is 304 g/mol. The first-order valence-corrected chi connectivity index (χ1v) is 18.8. The molecule has 1 aliphatic rings. The van der Waals surface area contributed by atoms with Crippen LogP contribution in [0.15, 0.2) is 46.4 Å². The molecule has 0 aliphatic heterocycles. The molecule has 0 unspecified atom stereocenters. The Labute approximate surface area is 120 Å². The fourth-order valence-electron chi connectivity index (χ4n) is 2.90. The zero-order valence-electron chi connectivity index (χ0n) is 13.5. The molecule has 20 heavy (non-hydrogen) atoms. The Hall–Kier alpha value is -0.496. The van der Waals surface area contributed by atoms with Gasteiger partial charge in [-0.25, -0.2) is 0 Å². The van der Waals surface area contributed by atoms with Gasteiger partial charge in [0, 0.05) is 0 Å². The molecule has 0 spiro atoms. The van der Waals surface area contributed by atoms with Gasteiger partial charge in [-0.1, -0.05) is 0 Å². The van der Waals surface area contributed by atoms with Gasteiger partial charge in [-0.15, -0.1) is 0 Å². The van der Waals surface area contributed by atoms with Crippen LogP contribution in [-0.4, -0.2) is 0 Å². The van der Waals surface area contributed by atoms with Crippen LogP contribution in [0.2, 0.25) is 26.1 Å². The summed E-state index contributed by atoms with van der Waals surface area (Å²) in [7, 11) is 2.37. The van der Waals surface area contributed by atoms with Crippen molar-refractivity contribution in [2.75, 3.05) is 0 Å². The summed E-state index contributed by atoms with van der Waals surface area (Å²) < 4.78 is 7.99. The van der Waals surface area contributed by atoms with E-state index >= 15 is 0 Å². The van der Waals surface area contributed by atoms with Gasteiger partial charge in [0.2, 0.25) is 0 Å². The Balaban J connectivity index is 2.75. The fourth-order valence-corrected chi connectivity index (χ4v) is 10.1. The van der Waals surface area contributed by atoms with Crippen molar-refractivity contribution >= 4 is 9.30 Å². The van der Waals surface area contributed by atoms with Crippen LogP contribution in [0.3, 0.4) is 0 Å². The van der Waals surface area contributed by atoms with Crippen molar-refractivity contribution in [1.82, 2.24) is 0 Å². The van der Waals surface area contributed by atoms with Crippen LogP contribution < -0.4 is 3.32 Å². The predicted octanol–water partition coefficient (Wildman–Crippen LogP) is 6.82. The van der Waals surface area contributed by atoms with E-state index in [9.17, 15) is 0 Å². The van der Waals surface area contributed by atoms with E-state index in [2.05, 4.69) is 57.4 Å².